The van der Waals surface area contributed by atoms with Gasteiger partial charge in [-0.25, -0.2) is 0 Å². The molecular formula is C51H66ClF2N9O7Os-2. The number of hydrogen-bond donors (Lipinski definition) is 2. The van der Waals surface area contributed by atoms with E-state index in [-0.39, 0.29) is 49.2 Å². The van der Waals surface area contributed by atoms with Crippen molar-refractivity contribution in [2.75, 3.05) is 71.6 Å². The fourth-order valence-corrected chi connectivity index (χ4v) is 12.0. The summed E-state index contributed by atoms with van der Waals surface area (Å²) in [6.07, 6.45) is 5.97. The summed E-state index contributed by atoms with van der Waals surface area (Å²) in [7, 11) is 3.30. The van der Waals surface area contributed by atoms with Crippen LogP contribution in [0.1, 0.15) is 90.2 Å². The average molecular weight is 1180 g/mol. The van der Waals surface area contributed by atoms with Crippen LogP contribution in [-0.2, 0) is 64.5 Å². The first-order chi connectivity index (χ1) is 33.7. The molecule has 3 fully saturated rings. The molecule has 0 aliphatic carbocycles. The van der Waals surface area contributed by atoms with Crippen molar-refractivity contribution in [2.45, 2.75) is 110 Å². The van der Waals surface area contributed by atoms with Gasteiger partial charge in [-0.05, 0) is 19.9 Å². The van der Waals surface area contributed by atoms with Crippen molar-refractivity contribution in [3.8, 4) is 11.3 Å². The summed E-state index contributed by atoms with van der Waals surface area (Å²) in [5.74, 6) is -3.34. The van der Waals surface area contributed by atoms with Crippen LogP contribution < -0.4 is 15.6 Å². The Morgan fingerprint density at radius 3 is 2.54 bits per heavy atom. The van der Waals surface area contributed by atoms with Gasteiger partial charge >= 0.3 is 324 Å². The Kier molecular flexibility index (Phi) is 17.7. The fraction of sp³-hybridized carbons (Fsp3) is 0.588. The molecule has 2 N–H and O–H groups in total. The molecule has 71 heavy (non-hydrogen) atoms. The van der Waals surface area contributed by atoms with E-state index in [1.54, 1.807) is 25.1 Å². The molecule has 4 aliphatic heterocycles. The number of methoxy groups -OCH3 is 1. The number of carbonyl (C=O) groups is 4. The number of alkyl halides is 2. The fourth-order valence-electron chi connectivity index (χ4n) is 10.1. The Bertz CT molecular complexity index is 2550. The average Bonchev–Trinajstić information content (AvgIpc) is 3.96. The Labute approximate surface area is 430 Å². The monoisotopic (exact) mass is 1180 g/mol. The molecule has 20 heteroatoms. The van der Waals surface area contributed by atoms with E-state index < -0.39 is 64.8 Å². The van der Waals surface area contributed by atoms with Crippen LogP contribution in [0.2, 0.25) is 0 Å². The van der Waals surface area contributed by atoms with Crippen LogP contribution in [0.15, 0.2) is 29.4 Å². The van der Waals surface area contributed by atoms with Gasteiger partial charge in [-0.1, -0.05) is 0 Å². The van der Waals surface area contributed by atoms with Gasteiger partial charge < -0.3 is 14.4 Å². The van der Waals surface area contributed by atoms with Crippen molar-refractivity contribution in [1.82, 2.24) is 35.1 Å². The molecule has 7 rings (SSSR count). The zero-order valence-electron chi connectivity index (χ0n) is 41.8. The summed E-state index contributed by atoms with van der Waals surface area (Å²) in [6, 6.07) is 2.94. The number of aromatic nitrogens is 2. The third-order valence-electron chi connectivity index (χ3n) is 13.9. The minimum absolute atomic E-state index is 0.0333. The molecule has 0 spiro atoms. The van der Waals surface area contributed by atoms with Gasteiger partial charge in [0.15, 0.2) is 0 Å². The third kappa shape index (κ3) is 12.0. The number of nitrogens with one attached hydrogen (secondary N) is 2. The van der Waals surface area contributed by atoms with E-state index in [1.807, 2.05) is 47.7 Å². The first-order valence-corrected chi connectivity index (χ1v) is 26.1. The van der Waals surface area contributed by atoms with E-state index in [4.69, 9.17) is 37.4 Å². The molecule has 388 valence electrons. The Morgan fingerprint density at radius 2 is 1.86 bits per heavy atom. The number of morpholine rings is 1. The Hall–Kier alpha value is -4.50. The molecule has 3 amide bonds. The third-order valence-corrected chi connectivity index (χ3v) is 15.2. The number of cyclic esters (lactones) is 1. The number of esters is 1. The maximum atomic E-state index is 16.7. The van der Waals surface area contributed by atoms with Crippen molar-refractivity contribution in [3.05, 3.63) is 53.6 Å². The summed E-state index contributed by atoms with van der Waals surface area (Å²) < 4.78 is 50.7. The number of fused-ring (bicyclic) bond motifs is 3. The molecule has 6 heterocycles. The summed E-state index contributed by atoms with van der Waals surface area (Å²) in [4.78, 5) is 69.4. The summed E-state index contributed by atoms with van der Waals surface area (Å²) in [5.41, 5.74) is 4.99. The number of anilines is 1. The van der Waals surface area contributed by atoms with Gasteiger partial charge in [-0.2, -0.15) is 0 Å². The molecule has 4 aliphatic rings. The number of aryl methyl sites for hydroxylation is 1. The van der Waals surface area contributed by atoms with Crippen molar-refractivity contribution in [3.63, 3.8) is 0 Å². The van der Waals surface area contributed by atoms with E-state index in [2.05, 4.69) is 37.5 Å². The second kappa shape index (κ2) is 23.1. The molecule has 4 bridgehead atoms. The number of pyridine rings is 1. The number of benzene rings is 1. The van der Waals surface area contributed by atoms with Gasteiger partial charge in [0, 0.05) is 32.3 Å². The van der Waals surface area contributed by atoms with Crippen LogP contribution in [-0.4, -0.2) is 149 Å². The van der Waals surface area contributed by atoms with Gasteiger partial charge in [0.1, 0.15) is 0 Å². The number of likely N-dealkylation sites (N-methyl/N-ethyl adjacent to an activating group) is 1. The van der Waals surface area contributed by atoms with Gasteiger partial charge in [0.2, 0.25) is 0 Å². The molecule has 0 saturated carbocycles. The number of hydrogen-bond acceptors (Lipinski definition) is 12. The Morgan fingerprint density at radius 1 is 1.13 bits per heavy atom. The quantitative estimate of drug-likeness (QED) is 0.131. The van der Waals surface area contributed by atoms with Crippen molar-refractivity contribution in [1.29, 1.82) is 0 Å². The molecule has 6 atom stereocenters. The molecule has 0 radical (unpaired) electrons. The van der Waals surface area contributed by atoms with Crippen LogP contribution in [0, 0.1) is 29.6 Å². The van der Waals surface area contributed by atoms with Crippen molar-refractivity contribution in [2.24, 2.45) is 22.2 Å². The minimum atomic E-state index is -2.19. The number of ether oxygens (including phenoxy) is 3. The van der Waals surface area contributed by atoms with E-state index in [1.165, 1.54) is 34.1 Å². The second-order valence-corrected chi connectivity index (χ2v) is 21.6. The first kappa shape index (κ1) is 54.3. The number of carbonyl (C=O) groups excluding carboxylic acids is 4. The topological polar surface area (TPSA) is 163 Å². The number of hydrazine groups is 1. The standard InChI is InChI=1S/C51H66ClF2N9O7.Os/c1-10-62-42-24-39(53)35-23-36(42)38(45(62)37-22-34(60-18-20-69-21-19-60)26-57-44(37)32(5)68-9)25-51(6,7)29-70-50(67)41-12-11-16-63(58-41)48(65)40(13-15-55-31(35)4)56-27-43(30(2)3)59(8)47(64)33-14-17-61(28-33)49(66)46(52)54;/h4,22-24,26,30,32-33,40-41,43,46,56,58H,10-14,16-21,25,28-29H2,1-3,5-9H3;/q-2;/t32-,33-,40-,41-,43+,46-;/m0./s1. The molecule has 2 aromatic heterocycles. The normalized spacial score (nSPS) is 22.6. The zero-order chi connectivity index (χ0) is 51.5. The maximum absolute atomic E-state index is 16.7. The Balaban J connectivity index is 1.27. The number of aliphatic imine (C=N–C) groups is 1. The van der Waals surface area contributed by atoms with Crippen LogP contribution in [0.3, 0.4) is 0 Å². The van der Waals surface area contributed by atoms with Crippen LogP contribution >= 0.6 is 11.6 Å². The predicted molar refractivity (Wildman–Crippen MR) is 264 cm³/mol. The van der Waals surface area contributed by atoms with E-state index in [0.717, 1.165) is 27.9 Å². The van der Waals surface area contributed by atoms with Crippen molar-refractivity contribution < 1.29 is 60.3 Å². The zero-order valence-corrected chi connectivity index (χ0v) is 45.1. The number of nitrogens with zero attached hydrogens (tertiary/aromatic N) is 7. The van der Waals surface area contributed by atoms with Crippen LogP contribution in [0.5, 0.6) is 0 Å². The molecule has 0 unspecified atom stereocenters. The molecule has 3 aromatic rings. The number of amides is 3. The summed E-state index contributed by atoms with van der Waals surface area (Å²) in [5, 5.41) is 5.50. The van der Waals surface area contributed by atoms with E-state index in [9.17, 15) is 23.6 Å². The van der Waals surface area contributed by atoms with Crippen LogP contribution in [0.25, 0.3) is 27.9 Å². The van der Waals surface area contributed by atoms with Gasteiger partial charge in [0.05, 0.1) is 36.9 Å². The second-order valence-electron chi connectivity index (χ2n) is 19.9. The van der Waals surface area contributed by atoms with Crippen molar-refractivity contribution >= 4 is 68.0 Å². The SMILES string of the molecule is [CH-]=C1N=[C-]C[C@H](N[C](=[Os])[C@H](C(C)C)N(C)C(=O)[C@H]2CCN(C(=O)[C@H](F)Cl)C2)C(=O)N2CCC[C@H](N2)C(=O)OCC(C)(C)Cc2c(-c3cc(N4CCOCC4)cnc3[C@H](C)OC)n(CC)c3cc(F)c1cc23. The number of likely N-dealkylation sites (tertiary alicyclic amines) is 1. The summed E-state index contributed by atoms with van der Waals surface area (Å²) >= 11 is 6.94. The molecule has 3 saturated heterocycles. The first-order valence-electron chi connectivity index (χ1n) is 24.4. The predicted octanol–water partition coefficient (Wildman–Crippen LogP) is 5.64. The number of rotatable bonds is 12. The molecular weight excluding hydrogens is 1110 g/mol. The van der Waals surface area contributed by atoms with Gasteiger partial charge in [-0.3, -0.25) is 4.98 Å². The molecule has 1 aromatic carbocycles. The van der Waals surface area contributed by atoms with Crippen LogP contribution in [0.4, 0.5) is 14.5 Å². The van der Waals surface area contributed by atoms with Gasteiger partial charge in [0.25, 0.3) is 0 Å². The van der Waals surface area contributed by atoms with E-state index >= 15 is 4.39 Å². The molecule has 16 nitrogen and oxygen atoms in total. The number of halogens is 3. The van der Waals surface area contributed by atoms with Gasteiger partial charge in [-0.15, -0.1) is 0 Å². The summed E-state index contributed by atoms with van der Waals surface area (Å²) in [6.45, 7) is 22.2. The van der Waals surface area contributed by atoms with E-state index in [0.29, 0.717) is 80.5 Å².